The zero-order chi connectivity index (χ0) is 14.9. The fourth-order valence-corrected chi connectivity index (χ4v) is 3.35. The number of hydrogen-bond donors (Lipinski definition) is 0. The highest BCUT2D eigenvalue weighted by atomic mass is 16.6. The summed E-state index contributed by atoms with van der Waals surface area (Å²) in [7, 11) is 3.47. The summed E-state index contributed by atoms with van der Waals surface area (Å²) in [5.74, 6) is 0. The van der Waals surface area contributed by atoms with Crippen LogP contribution >= 0.6 is 0 Å². The van der Waals surface area contributed by atoms with Gasteiger partial charge in [0.25, 0.3) is 0 Å². The van der Waals surface area contributed by atoms with Crippen molar-refractivity contribution in [3.63, 3.8) is 0 Å². The molecular weight excluding hydrogens is 276 g/mol. The molecule has 0 aliphatic carbocycles. The maximum Gasteiger partial charge on any atom is 0.108 e. The molecule has 0 N–H and O–H groups in total. The van der Waals surface area contributed by atoms with Crippen molar-refractivity contribution in [3.05, 3.63) is 0 Å². The molecule has 6 heteroatoms. The van der Waals surface area contributed by atoms with Crippen LogP contribution in [0.1, 0.15) is 13.3 Å². The fourth-order valence-electron chi connectivity index (χ4n) is 3.35. The van der Waals surface area contributed by atoms with Gasteiger partial charge in [-0.25, -0.2) is 0 Å². The highest BCUT2D eigenvalue weighted by Crippen LogP contribution is 2.44. The predicted octanol–water partition coefficient (Wildman–Crippen LogP) is 0.626. The molecule has 3 saturated heterocycles. The minimum Gasteiger partial charge on any atom is -0.378 e. The van der Waals surface area contributed by atoms with Gasteiger partial charge in [-0.3, -0.25) is 0 Å². The van der Waals surface area contributed by atoms with Crippen molar-refractivity contribution >= 4 is 0 Å². The summed E-state index contributed by atoms with van der Waals surface area (Å²) in [6.45, 7) is 5.64. The first-order chi connectivity index (χ1) is 10.2. The van der Waals surface area contributed by atoms with Crippen molar-refractivity contribution in [2.24, 2.45) is 5.41 Å². The van der Waals surface area contributed by atoms with E-state index >= 15 is 0 Å². The lowest BCUT2D eigenvalue weighted by Gasteiger charge is -2.43. The van der Waals surface area contributed by atoms with Crippen molar-refractivity contribution in [1.82, 2.24) is 0 Å². The van der Waals surface area contributed by atoms with Crippen LogP contribution in [0.3, 0.4) is 0 Å². The van der Waals surface area contributed by atoms with Gasteiger partial charge in [0.15, 0.2) is 0 Å². The first-order valence-electron chi connectivity index (χ1n) is 7.73. The van der Waals surface area contributed by atoms with Crippen LogP contribution in [0.25, 0.3) is 0 Å². The Kier molecular flexibility index (Phi) is 4.83. The van der Waals surface area contributed by atoms with Crippen LogP contribution in [0, 0.1) is 5.41 Å². The SMILES string of the molecule is CCC(COCC1CO1)(C(OC)C1CO1)C(OC)C1CO1. The minimum atomic E-state index is -0.263. The molecule has 0 aromatic carbocycles. The van der Waals surface area contributed by atoms with E-state index in [2.05, 4.69) is 6.92 Å². The van der Waals surface area contributed by atoms with Crippen LogP contribution < -0.4 is 0 Å². The van der Waals surface area contributed by atoms with E-state index in [1.54, 1.807) is 14.2 Å². The molecule has 3 fully saturated rings. The average molecular weight is 302 g/mol. The van der Waals surface area contributed by atoms with Crippen LogP contribution in [0.2, 0.25) is 0 Å². The van der Waals surface area contributed by atoms with Gasteiger partial charge in [-0.2, -0.15) is 0 Å². The second kappa shape index (κ2) is 6.48. The third-order valence-corrected chi connectivity index (χ3v) is 4.77. The van der Waals surface area contributed by atoms with E-state index in [0.717, 1.165) is 26.2 Å². The predicted molar refractivity (Wildman–Crippen MR) is 74.4 cm³/mol. The summed E-state index contributed by atoms with van der Waals surface area (Å²) in [5.41, 5.74) is -0.263. The second-order valence-corrected chi connectivity index (χ2v) is 6.11. The van der Waals surface area contributed by atoms with Crippen molar-refractivity contribution in [1.29, 1.82) is 0 Å². The molecule has 0 radical (unpaired) electrons. The Morgan fingerprint density at radius 1 is 1.00 bits per heavy atom. The van der Waals surface area contributed by atoms with E-state index in [4.69, 9.17) is 28.4 Å². The molecule has 3 rings (SSSR count). The molecule has 0 amide bonds. The van der Waals surface area contributed by atoms with Crippen molar-refractivity contribution < 1.29 is 28.4 Å². The molecule has 0 aromatic heterocycles. The third-order valence-electron chi connectivity index (χ3n) is 4.77. The summed E-state index contributed by atoms with van der Waals surface area (Å²) in [6, 6.07) is 0. The van der Waals surface area contributed by atoms with Gasteiger partial charge in [-0.05, 0) is 6.42 Å². The van der Waals surface area contributed by atoms with Gasteiger partial charge in [0.2, 0.25) is 0 Å². The highest BCUT2D eigenvalue weighted by Gasteiger charge is 2.57. The van der Waals surface area contributed by atoms with Gasteiger partial charge < -0.3 is 28.4 Å². The van der Waals surface area contributed by atoms with Crippen LogP contribution in [0.15, 0.2) is 0 Å². The monoisotopic (exact) mass is 302 g/mol. The molecule has 0 spiro atoms. The van der Waals surface area contributed by atoms with Crippen molar-refractivity contribution in [3.8, 4) is 0 Å². The zero-order valence-corrected chi connectivity index (χ0v) is 13.1. The number of methoxy groups -OCH3 is 2. The topological polar surface area (TPSA) is 65.3 Å². The van der Waals surface area contributed by atoms with Gasteiger partial charge in [0, 0.05) is 14.2 Å². The molecule has 21 heavy (non-hydrogen) atoms. The Balaban J connectivity index is 1.74. The maximum absolute atomic E-state index is 5.94. The summed E-state index contributed by atoms with van der Waals surface area (Å²) >= 11 is 0. The Morgan fingerprint density at radius 2 is 1.52 bits per heavy atom. The minimum absolute atomic E-state index is 0.0447. The number of hydrogen-bond acceptors (Lipinski definition) is 6. The lowest BCUT2D eigenvalue weighted by atomic mass is 9.72. The van der Waals surface area contributed by atoms with E-state index in [0.29, 0.717) is 13.2 Å². The highest BCUT2D eigenvalue weighted by molar-refractivity contribution is 5.04. The van der Waals surface area contributed by atoms with Gasteiger partial charge in [0.05, 0.1) is 50.7 Å². The van der Waals surface area contributed by atoms with Crippen molar-refractivity contribution in [2.45, 2.75) is 43.9 Å². The molecule has 3 aliphatic rings. The summed E-state index contributed by atoms with van der Waals surface area (Å²) in [5, 5.41) is 0. The Morgan fingerprint density at radius 3 is 1.86 bits per heavy atom. The number of epoxide rings is 3. The molecule has 122 valence electrons. The molecule has 0 bridgehead atoms. The van der Waals surface area contributed by atoms with E-state index in [9.17, 15) is 0 Å². The van der Waals surface area contributed by atoms with Crippen molar-refractivity contribution in [2.75, 3.05) is 47.3 Å². The molecule has 5 atom stereocenters. The molecule has 0 saturated carbocycles. The lowest BCUT2D eigenvalue weighted by molar-refractivity contribution is -0.153. The van der Waals surface area contributed by atoms with Gasteiger partial charge in [-0.1, -0.05) is 6.92 Å². The molecule has 3 aliphatic heterocycles. The maximum atomic E-state index is 5.94. The fraction of sp³-hybridized carbons (Fsp3) is 1.00. The molecule has 3 heterocycles. The van der Waals surface area contributed by atoms with E-state index in [1.165, 1.54) is 0 Å². The summed E-state index contributed by atoms with van der Waals surface area (Å²) in [4.78, 5) is 0. The van der Waals surface area contributed by atoms with Crippen LogP contribution in [-0.4, -0.2) is 77.8 Å². The first kappa shape index (κ1) is 15.6. The zero-order valence-electron chi connectivity index (χ0n) is 13.1. The summed E-state index contributed by atoms with van der Waals surface area (Å²) in [6.07, 6.45) is 1.32. The standard InChI is InChI=1S/C15H26O6/c1-4-15(9-18-5-10-6-19-10,13(16-2)11-7-20-11)14(17-3)12-8-21-12/h10-14H,4-9H2,1-3H3. The largest absolute Gasteiger partial charge is 0.378 e. The van der Waals surface area contributed by atoms with Gasteiger partial charge >= 0.3 is 0 Å². The van der Waals surface area contributed by atoms with E-state index in [-0.39, 0.29) is 35.9 Å². The van der Waals surface area contributed by atoms with E-state index in [1.807, 2.05) is 0 Å². The number of ether oxygens (including phenoxy) is 6. The Bertz CT molecular complexity index is 317. The summed E-state index contributed by atoms with van der Waals surface area (Å²) < 4.78 is 33.7. The smallest absolute Gasteiger partial charge is 0.108 e. The molecule has 5 unspecified atom stereocenters. The lowest BCUT2D eigenvalue weighted by Crippen LogP contribution is -2.54. The average Bonchev–Trinajstić information content (AvgIpc) is 3.33. The van der Waals surface area contributed by atoms with Gasteiger partial charge in [-0.15, -0.1) is 0 Å². The number of rotatable bonds is 11. The van der Waals surface area contributed by atoms with Crippen LogP contribution in [0.5, 0.6) is 0 Å². The van der Waals surface area contributed by atoms with Crippen LogP contribution in [0.4, 0.5) is 0 Å². The second-order valence-electron chi connectivity index (χ2n) is 6.11. The molecule has 0 aromatic rings. The quantitative estimate of drug-likeness (QED) is 0.522. The Labute approximate surface area is 126 Å². The first-order valence-corrected chi connectivity index (χ1v) is 7.73. The normalized spacial score (nSPS) is 35.9. The third kappa shape index (κ3) is 3.41. The van der Waals surface area contributed by atoms with Gasteiger partial charge in [0.1, 0.15) is 18.3 Å². The molecular formula is C15H26O6. The Hall–Kier alpha value is -0.240. The van der Waals surface area contributed by atoms with Crippen LogP contribution in [-0.2, 0) is 28.4 Å². The van der Waals surface area contributed by atoms with E-state index < -0.39 is 0 Å². The molecule has 6 nitrogen and oxygen atoms in total.